The van der Waals surface area contributed by atoms with Crippen molar-refractivity contribution in [3.05, 3.63) is 25.1 Å². The van der Waals surface area contributed by atoms with Gasteiger partial charge in [0.2, 0.25) is 0 Å². The summed E-state index contributed by atoms with van der Waals surface area (Å²) in [6, 6.07) is 0. The van der Waals surface area contributed by atoms with Crippen molar-refractivity contribution >= 4 is 11.9 Å². The van der Waals surface area contributed by atoms with Gasteiger partial charge in [0, 0.05) is 0 Å². The highest BCUT2D eigenvalue weighted by Crippen LogP contribution is 2.01. The molecule has 0 aromatic rings. The Labute approximate surface area is 69.5 Å². The standard InChI is InChI=1S/C8H9FO3/c1-3-4-7(10)12-8(11)5-6(2)9/h3H,1-2,4-5H2. The van der Waals surface area contributed by atoms with Gasteiger partial charge < -0.3 is 4.74 Å². The summed E-state index contributed by atoms with van der Waals surface area (Å²) < 4.78 is 16.1. The molecular weight excluding hydrogens is 163 g/mol. The Morgan fingerprint density at radius 3 is 2.42 bits per heavy atom. The Hall–Kier alpha value is -1.45. The molecule has 3 nitrogen and oxygen atoms in total. The lowest BCUT2D eigenvalue weighted by Gasteiger charge is -1.98. The van der Waals surface area contributed by atoms with E-state index in [4.69, 9.17) is 0 Å². The van der Waals surface area contributed by atoms with Gasteiger partial charge in [0.1, 0.15) is 5.83 Å². The Morgan fingerprint density at radius 1 is 1.42 bits per heavy atom. The van der Waals surface area contributed by atoms with E-state index in [2.05, 4.69) is 17.9 Å². The first-order valence-electron chi connectivity index (χ1n) is 3.24. The summed E-state index contributed by atoms with van der Waals surface area (Å²) in [6.07, 6.45) is 0.646. The molecule has 0 spiro atoms. The minimum atomic E-state index is -0.936. The molecule has 0 aromatic carbocycles. The minimum Gasteiger partial charge on any atom is -0.393 e. The van der Waals surface area contributed by atoms with Crippen LogP contribution in [0.5, 0.6) is 0 Å². The van der Waals surface area contributed by atoms with Crippen molar-refractivity contribution in [1.29, 1.82) is 0 Å². The van der Waals surface area contributed by atoms with Crippen LogP contribution in [-0.4, -0.2) is 11.9 Å². The second kappa shape index (κ2) is 5.23. The van der Waals surface area contributed by atoms with Crippen LogP contribution in [0.25, 0.3) is 0 Å². The largest absolute Gasteiger partial charge is 0.393 e. The van der Waals surface area contributed by atoms with Crippen molar-refractivity contribution in [3.8, 4) is 0 Å². The van der Waals surface area contributed by atoms with Crippen LogP contribution in [0.1, 0.15) is 12.8 Å². The second-order valence-corrected chi connectivity index (χ2v) is 2.03. The first kappa shape index (κ1) is 10.6. The molecule has 0 aliphatic rings. The molecule has 0 saturated carbocycles. The van der Waals surface area contributed by atoms with Crippen LogP contribution in [0.15, 0.2) is 25.1 Å². The maximum Gasteiger partial charge on any atom is 0.320 e. The van der Waals surface area contributed by atoms with Crippen LogP contribution in [-0.2, 0) is 14.3 Å². The number of rotatable bonds is 4. The molecule has 0 heterocycles. The number of halogens is 1. The van der Waals surface area contributed by atoms with Gasteiger partial charge in [0.05, 0.1) is 12.8 Å². The molecule has 0 atom stereocenters. The zero-order valence-electron chi connectivity index (χ0n) is 6.51. The van der Waals surface area contributed by atoms with E-state index in [1.54, 1.807) is 0 Å². The Bertz CT molecular complexity index is 220. The molecule has 0 aromatic heterocycles. The summed E-state index contributed by atoms with van der Waals surface area (Å²) in [5, 5.41) is 0. The number of esters is 2. The number of carbonyl (C=O) groups excluding carboxylic acids is 2. The first-order valence-corrected chi connectivity index (χ1v) is 3.24. The summed E-state index contributed by atoms with van der Waals surface area (Å²) in [7, 11) is 0. The van der Waals surface area contributed by atoms with E-state index in [0.717, 1.165) is 0 Å². The zero-order chi connectivity index (χ0) is 9.56. The summed E-state index contributed by atoms with van der Waals surface area (Å²) in [6.45, 7) is 6.11. The Kier molecular flexibility index (Phi) is 4.60. The van der Waals surface area contributed by atoms with Crippen molar-refractivity contribution in [2.75, 3.05) is 0 Å². The molecule has 0 rings (SSSR count). The van der Waals surface area contributed by atoms with Crippen LogP contribution in [0.2, 0.25) is 0 Å². The summed E-state index contributed by atoms with van der Waals surface area (Å²) in [5.74, 6) is -2.50. The number of hydrogen-bond acceptors (Lipinski definition) is 3. The molecule has 0 N–H and O–H groups in total. The molecule has 66 valence electrons. The fourth-order valence-electron chi connectivity index (χ4n) is 0.479. The van der Waals surface area contributed by atoms with E-state index in [1.165, 1.54) is 6.08 Å². The highest BCUT2D eigenvalue weighted by Gasteiger charge is 2.09. The van der Waals surface area contributed by atoms with Gasteiger partial charge in [-0.2, -0.15) is 0 Å². The predicted octanol–water partition coefficient (Wildman–Crippen LogP) is 1.51. The number of ether oxygens (including phenoxy) is 1. The van der Waals surface area contributed by atoms with Crippen molar-refractivity contribution in [3.63, 3.8) is 0 Å². The molecule has 0 bridgehead atoms. The topological polar surface area (TPSA) is 43.4 Å². The third kappa shape index (κ3) is 5.34. The van der Waals surface area contributed by atoms with E-state index in [0.29, 0.717) is 0 Å². The van der Waals surface area contributed by atoms with E-state index in [1.807, 2.05) is 0 Å². The smallest absolute Gasteiger partial charge is 0.320 e. The fourth-order valence-corrected chi connectivity index (χ4v) is 0.479. The van der Waals surface area contributed by atoms with Crippen molar-refractivity contribution in [2.24, 2.45) is 0 Å². The third-order valence-corrected chi connectivity index (χ3v) is 0.875. The molecule has 0 fully saturated rings. The van der Waals surface area contributed by atoms with Crippen molar-refractivity contribution in [1.82, 2.24) is 0 Å². The van der Waals surface area contributed by atoms with Crippen LogP contribution in [0.3, 0.4) is 0 Å². The lowest BCUT2D eigenvalue weighted by molar-refractivity contribution is -0.158. The average molecular weight is 172 g/mol. The first-order chi connectivity index (χ1) is 5.56. The van der Waals surface area contributed by atoms with Crippen LogP contribution >= 0.6 is 0 Å². The number of carbonyl (C=O) groups is 2. The normalized spacial score (nSPS) is 8.75. The average Bonchev–Trinajstić information content (AvgIpc) is 1.84. The maximum atomic E-state index is 12.0. The van der Waals surface area contributed by atoms with Crippen molar-refractivity contribution in [2.45, 2.75) is 12.8 Å². The highest BCUT2D eigenvalue weighted by atomic mass is 19.1. The van der Waals surface area contributed by atoms with Gasteiger partial charge >= 0.3 is 11.9 Å². The van der Waals surface area contributed by atoms with Gasteiger partial charge in [-0.1, -0.05) is 12.7 Å². The van der Waals surface area contributed by atoms with Gasteiger partial charge in [0.25, 0.3) is 0 Å². The minimum absolute atomic E-state index is 0.0650. The molecule has 0 unspecified atom stereocenters. The van der Waals surface area contributed by atoms with Crippen LogP contribution < -0.4 is 0 Å². The molecule has 4 heteroatoms. The summed E-state index contributed by atoms with van der Waals surface area (Å²) in [4.78, 5) is 21.1. The zero-order valence-corrected chi connectivity index (χ0v) is 6.51. The third-order valence-electron chi connectivity index (χ3n) is 0.875. The van der Waals surface area contributed by atoms with E-state index >= 15 is 0 Å². The predicted molar refractivity (Wildman–Crippen MR) is 40.8 cm³/mol. The Morgan fingerprint density at radius 2 is 2.00 bits per heavy atom. The van der Waals surface area contributed by atoms with Crippen LogP contribution in [0.4, 0.5) is 4.39 Å². The SMILES string of the molecule is C=CCC(=O)OC(=O)CC(=C)F. The summed E-state index contributed by atoms with van der Waals surface area (Å²) >= 11 is 0. The van der Waals surface area contributed by atoms with Crippen molar-refractivity contribution < 1.29 is 18.7 Å². The van der Waals surface area contributed by atoms with Crippen LogP contribution in [0, 0.1) is 0 Å². The molecule has 0 amide bonds. The van der Waals surface area contributed by atoms with Gasteiger partial charge in [-0.15, -0.1) is 6.58 Å². The van der Waals surface area contributed by atoms with Gasteiger partial charge in [-0.3, -0.25) is 9.59 Å². The lowest BCUT2D eigenvalue weighted by Crippen LogP contribution is -2.10. The second-order valence-electron chi connectivity index (χ2n) is 2.03. The van der Waals surface area contributed by atoms with E-state index < -0.39 is 24.2 Å². The Balaban J connectivity index is 3.76. The van der Waals surface area contributed by atoms with E-state index in [-0.39, 0.29) is 6.42 Å². The number of hydrogen-bond donors (Lipinski definition) is 0. The molecule has 0 aliphatic heterocycles. The molecular formula is C8H9FO3. The molecule has 12 heavy (non-hydrogen) atoms. The van der Waals surface area contributed by atoms with Gasteiger partial charge in [-0.05, 0) is 0 Å². The van der Waals surface area contributed by atoms with Gasteiger partial charge in [-0.25, -0.2) is 4.39 Å². The maximum absolute atomic E-state index is 12.0. The lowest BCUT2D eigenvalue weighted by atomic mass is 10.4. The molecule has 0 saturated heterocycles. The highest BCUT2D eigenvalue weighted by molar-refractivity contribution is 5.86. The monoisotopic (exact) mass is 172 g/mol. The summed E-state index contributed by atoms with van der Waals surface area (Å²) in [5.41, 5.74) is 0. The molecule has 0 radical (unpaired) electrons. The molecule has 0 aliphatic carbocycles. The fraction of sp³-hybridized carbons (Fsp3) is 0.250. The quantitative estimate of drug-likeness (QED) is 0.366. The van der Waals surface area contributed by atoms with Gasteiger partial charge in [0.15, 0.2) is 0 Å². The van der Waals surface area contributed by atoms with E-state index in [9.17, 15) is 14.0 Å².